The van der Waals surface area contributed by atoms with Gasteiger partial charge in [-0.3, -0.25) is 15.0 Å². The van der Waals surface area contributed by atoms with Gasteiger partial charge in [0.25, 0.3) is 5.69 Å². The zero-order valence-electron chi connectivity index (χ0n) is 17.3. The van der Waals surface area contributed by atoms with Gasteiger partial charge in [-0.1, -0.05) is 18.2 Å². The van der Waals surface area contributed by atoms with Gasteiger partial charge >= 0.3 is 0 Å². The Kier molecular flexibility index (Phi) is 6.39. The summed E-state index contributed by atoms with van der Waals surface area (Å²) in [5.74, 6) is 1.69. The standard InChI is InChI=1S/C21H28N6O3/c1-24(20-6-9-22-21(23-20)26-12-14-30-15-13-26)18-7-10-25(11-8-18)16-17-4-2-3-5-19(17)27(28)29/h2-6,9,18H,7-8,10-16H2,1H3. The van der Waals surface area contributed by atoms with E-state index >= 15 is 0 Å². The van der Waals surface area contributed by atoms with Crippen LogP contribution in [0.25, 0.3) is 0 Å². The van der Waals surface area contributed by atoms with E-state index in [0.717, 1.165) is 56.4 Å². The Hall–Kier alpha value is -2.78. The molecule has 0 aliphatic carbocycles. The second kappa shape index (κ2) is 9.36. The number of hydrogen-bond acceptors (Lipinski definition) is 8. The predicted molar refractivity (Wildman–Crippen MR) is 115 cm³/mol. The van der Waals surface area contributed by atoms with Crippen LogP contribution in [0.15, 0.2) is 36.5 Å². The van der Waals surface area contributed by atoms with Crippen LogP contribution < -0.4 is 9.80 Å². The van der Waals surface area contributed by atoms with Crippen LogP contribution in [0, 0.1) is 10.1 Å². The summed E-state index contributed by atoms with van der Waals surface area (Å²) < 4.78 is 5.42. The Morgan fingerprint density at radius 1 is 1.17 bits per heavy atom. The van der Waals surface area contributed by atoms with Crippen molar-refractivity contribution in [2.24, 2.45) is 0 Å². The van der Waals surface area contributed by atoms with Gasteiger partial charge in [0.1, 0.15) is 5.82 Å². The predicted octanol–water partition coefficient (Wildman–Crippen LogP) is 2.32. The molecule has 2 aromatic rings. The highest BCUT2D eigenvalue weighted by atomic mass is 16.6. The van der Waals surface area contributed by atoms with Gasteiger partial charge in [0, 0.05) is 63.6 Å². The lowest BCUT2D eigenvalue weighted by Gasteiger charge is -2.37. The third-order valence-corrected chi connectivity index (χ3v) is 5.97. The molecular formula is C21H28N6O3. The highest BCUT2D eigenvalue weighted by Gasteiger charge is 2.25. The fourth-order valence-corrected chi connectivity index (χ4v) is 4.17. The van der Waals surface area contributed by atoms with Gasteiger partial charge in [0.2, 0.25) is 5.95 Å². The number of benzene rings is 1. The molecule has 3 heterocycles. The van der Waals surface area contributed by atoms with Crippen LogP contribution in [0.5, 0.6) is 0 Å². The lowest BCUT2D eigenvalue weighted by atomic mass is 10.0. The summed E-state index contributed by atoms with van der Waals surface area (Å²) in [7, 11) is 2.09. The van der Waals surface area contributed by atoms with E-state index in [1.54, 1.807) is 12.1 Å². The molecule has 1 aromatic carbocycles. The molecular weight excluding hydrogens is 384 g/mol. The molecule has 0 atom stereocenters. The fourth-order valence-electron chi connectivity index (χ4n) is 4.17. The molecule has 160 valence electrons. The van der Waals surface area contributed by atoms with E-state index in [0.29, 0.717) is 25.8 Å². The van der Waals surface area contributed by atoms with Crippen LogP contribution in [-0.2, 0) is 11.3 Å². The number of morpholine rings is 1. The summed E-state index contributed by atoms with van der Waals surface area (Å²) in [5, 5.41) is 11.3. The third kappa shape index (κ3) is 4.68. The highest BCUT2D eigenvalue weighted by molar-refractivity contribution is 5.44. The number of likely N-dealkylation sites (tertiary alicyclic amines) is 1. The number of nitro benzene ring substituents is 1. The fraction of sp³-hybridized carbons (Fsp3) is 0.524. The first kappa shape index (κ1) is 20.5. The van der Waals surface area contributed by atoms with Gasteiger partial charge in [-0.15, -0.1) is 0 Å². The maximum absolute atomic E-state index is 11.3. The minimum absolute atomic E-state index is 0.202. The van der Waals surface area contributed by atoms with E-state index in [2.05, 4.69) is 26.7 Å². The van der Waals surface area contributed by atoms with E-state index in [1.165, 1.54) is 0 Å². The van der Waals surface area contributed by atoms with Crippen molar-refractivity contribution in [3.63, 3.8) is 0 Å². The summed E-state index contributed by atoms with van der Waals surface area (Å²) in [6.45, 7) is 5.48. The molecule has 9 nitrogen and oxygen atoms in total. The third-order valence-electron chi connectivity index (χ3n) is 5.97. The largest absolute Gasteiger partial charge is 0.378 e. The smallest absolute Gasteiger partial charge is 0.273 e. The molecule has 1 aromatic heterocycles. The van der Waals surface area contributed by atoms with Gasteiger partial charge < -0.3 is 14.5 Å². The first-order chi connectivity index (χ1) is 14.6. The molecule has 2 fully saturated rings. The second-order valence-corrected chi connectivity index (χ2v) is 7.82. The normalized spacial score (nSPS) is 18.4. The van der Waals surface area contributed by atoms with E-state index in [-0.39, 0.29) is 10.6 Å². The number of piperidine rings is 1. The first-order valence-electron chi connectivity index (χ1n) is 10.4. The van der Waals surface area contributed by atoms with Crippen molar-refractivity contribution in [1.29, 1.82) is 0 Å². The molecule has 30 heavy (non-hydrogen) atoms. The van der Waals surface area contributed by atoms with E-state index in [9.17, 15) is 10.1 Å². The van der Waals surface area contributed by atoms with Crippen LogP contribution in [0.4, 0.5) is 17.5 Å². The minimum Gasteiger partial charge on any atom is -0.378 e. The Balaban J connectivity index is 1.36. The number of hydrogen-bond donors (Lipinski definition) is 0. The molecule has 0 amide bonds. The number of ether oxygens (including phenoxy) is 1. The van der Waals surface area contributed by atoms with Crippen molar-refractivity contribution < 1.29 is 9.66 Å². The monoisotopic (exact) mass is 412 g/mol. The molecule has 0 radical (unpaired) electrons. The van der Waals surface area contributed by atoms with E-state index in [1.807, 2.05) is 24.4 Å². The van der Waals surface area contributed by atoms with Crippen molar-refractivity contribution >= 4 is 17.5 Å². The number of anilines is 2. The molecule has 0 saturated carbocycles. The van der Waals surface area contributed by atoms with Crippen LogP contribution in [0.1, 0.15) is 18.4 Å². The Labute approximate surface area is 176 Å². The molecule has 2 aliphatic heterocycles. The first-order valence-corrected chi connectivity index (χ1v) is 10.4. The average molecular weight is 412 g/mol. The van der Waals surface area contributed by atoms with Crippen molar-refractivity contribution in [2.45, 2.75) is 25.4 Å². The number of nitro groups is 1. The summed E-state index contributed by atoms with van der Waals surface area (Å²) in [4.78, 5) is 26.9. The average Bonchev–Trinajstić information content (AvgIpc) is 2.80. The van der Waals surface area contributed by atoms with E-state index in [4.69, 9.17) is 9.72 Å². The van der Waals surface area contributed by atoms with Gasteiger partial charge in [-0.2, -0.15) is 4.98 Å². The quantitative estimate of drug-likeness (QED) is 0.528. The molecule has 2 aliphatic rings. The van der Waals surface area contributed by atoms with Gasteiger partial charge in [-0.25, -0.2) is 4.98 Å². The van der Waals surface area contributed by atoms with Crippen molar-refractivity contribution in [2.75, 3.05) is 56.2 Å². The number of para-hydroxylation sites is 1. The van der Waals surface area contributed by atoms with Crippen LogP contribution in [-0.4, -0.2) is 72.3 Å². The van der Waals surface area contributed by atoms with Gasteiger partial charge in [0.05, 0.1) is 18.1 Å². The zero-order valence-corrected chi connectivity index (χ0v) is 17.3. The Bertz CT molecular complexity index is 865. The maximum Gasteiger partial charge on any atom is 0.273 e. The number of rotatable bonds is 6. The summed E-state index contributed by atoms with van der Waals surface area (Å²) >= 11 is 0. The highest BCUT2D eigenvalue weighted by Crippen LogP contribution is 2.25. The van der Waals surface area contributed by atoms with Crippen LogP contribution in [0.2, 0.25) is 0 Å². The van der Waals surface area contributed by atoms with Crippen molar-refractivity contribution in [3.8, 4) is 0 Å². The minimum atomic E-state index is -0.295. The Morgan fingerprint density at radius 3 is 2.63 bits per heavy atom. The van der Waals surface area contributed by atoms with Gasteiger partial charge in [-0.05, 0) is 18.9 Å². The SMILES string of the molecule is CN(c1ccnc(N2CCOCC2)n1)C1CCN(Cc2ccccc2[N+](=O)[O-])CC1. The summed E-state index contributed by atoms with van der Waals surface area (Å²) in [6.07, 6.45) is 3.81. The van der Waals surface area contributed by atoms with Crippen LogP contribution in [0.3, 0.4) is 0 Å². The maximum atomic E-state index is 11.3. The van der Waals surface area contributed by atoms with Crippen LogP contribution >= 0.6 is 0 Å². The topological polar surface area (TPSA) is 87.9 Å². The molecule has 4 rings (SSSR count). The van der Waals surface area contributed by atoms with E-state index < -0.39 is 0 Å². The molecule has 0 spiro atoms. The van der Waals surface area contributed by atoms with Crippen molar-refractivity contribution in [1.82, 2.24) is 14.9 Å². The molecule has 2 saturated heterocycles. The summed E-state index contributed by atoms with van der Waals surface area (Å²) in [5.41, 5.74) is 0.980. The number of aromatic nitrogens is 2. The molecule has 0 unspecified atom stereocenters. The zero-order chi connectivity index (χ0) is 20.9. The second-order valence-electron chi connectivity index (χ2n) is 7.82. The summed E-state index contributed by atoms with van der Waals surface area (Å²) in [6, 6.07) is 9.37. The lowest BCUT2D eigenvalue weighted by molar-refractivity contribution is -0.385. The van der Waals surface area contributed by atoms with Gasteiger partial charge in [0.15, 0.2) is 0 Å². The lowest BCUT2D eigenvalue weighted by Crippen LogP contribution is -2.43. The van der Waals surface area contributed by atoms with Crippen molar-refractivity contribution in [3.05, 3.63) is 52.2 Å². The molecule has 0 bridgehead atoms. The molecule has 0 N–H and O–H groups in total. The number of nitrogens with zero attached hydrogens (tertiary/aromatic N) is 6. The molecule has 9 heteroatoms. The Morgan fingerprint density at radius 2 is 1.90 bits per heavy atom.